The summed E-state index contributed by atoms with van der Waals surface area (Å²) in [6, 6.07) is 5.91. The maximum absolute atomic E-state index is 13.1. The Morgan fingerprint density at radius 1 is 1.14 bits per heavy atom. The maximum atomic E-state index is 13.1. The summed E-state index contributed by atoms with van der Waals surface area (Å²) in [4.78, 5) is 11.9. The molecule has 0 N–H and O–H groups in total. The molecule has 0 bridgehead atoms. The van der Waals surface area contributed by atoms with Crippen LogP contribution in [0.5, 0.6) is 0 Å². The van der Waals surface area contributed by atoms with Crippen molar-refractivity contribution >= 4 is 40.0 Å². The Morgan fingerprint density at radius 3 is 2.59 bits per heavy atom. The van der Waals surface area contributed by atoms with Gasteiger partial charge >= 0.3 is 11.8 Å². The molecule has 0 aliphatic rings. The Balaban J connectivity index is 1.75. The first-order chi connectivity index (χ1) is 13.6. The summed E-state index contributed by atoms with van der Waals surface area (Å²) in [5, 5.41) is 8.68. The molecule has 0 atom stereocenters. The number of aryl methyl sites for hydroxylation is 2. The van der Waals surface area contributed by atoms with E-state index in [-0.39, 0.29) is 15.8 Å². The van der Waals surface area contributed by atoms with Crippen molar-refractivity contribution in [3.63, 3.8) is 0 Å². The molecule has 3 aromatic heterocycles. The van der Waals surface area contributed by atoms with E-state index in [1.165, 1.54) is 10.5 Å². The van der Waals surface area contributed by atoms with Gasteiger partial charge in [-0.15, -0.1) is 10.2 Å². The van der Waals surface area contributed by atoms with Crippen molar-refractivity contribution in [3.8, 4) is 0 Å². The number of halogens is 4. The summed E-state index contributed by atoms with van der Waals surface area (Å²) in [6.07, 6.45) is -3.64. The average molecular weight is 440 g/mol. The molecule has 4 rings (SSSR count). The lowest BCUT2D eigenvalue weighted by atomic mass is 10.0. The molecule has 29 heavy (non-hydrogen) atoms. The summed E-state index contributed by atoms with van der Waals surface area (Å²) in [6.45, 7) is 3.87. The SMILES string of the molecule is Cc1cc2oc(=O)cc(CSc3nnc4c(Cl)cc(C(F)(F)F)cn34)c2cc1C. The summed E-state index contributed by atoms with van der Waals surface area (Å²) >= 11 is 7.10. The van der Waals surface area contributed by atoms with Crippen LogP contribution >= 0.6 is 23.4 Å². The zero-order valence-electron chi connectivity index (χ0n) is 15.2. The molecule has 0 radical (unpaired) electrons. The predicted octanol–water partition coefficient (Wildman–Crippen LogP) is 5.42. The number of rotatable bonds is 3. The molecule has 0 aliphatic heterocycles. The fourth-order valence-corrected chi connectivity index (χ4v) is 4.08. The third-order valence-electron chi connectivity index (χ3n) is 4.56. The Kier molecular flexibility index (Phi) is 4.82. The van der Waals surface area contributed by atoms with E-state index >= 15 is 0 Å². The van der Waals surface area contributed by atoms with Crippen LogP contribution in [-0.4, -0.2) is 14.6 Å². The third kappa shape index (κ3) is 3.72. The maximum Gasteiger partial charge on any atom is 0.417 e. The van der Waals surface area contributed by atoms with Crippen LogP contribution in [0.15, 0.2) is 44.8 Å². The molecule has 10 heteroatoms. The molecule has 0 aliphatic carbocycles. The van der Waals surface area contributed by atoms with Gasteiger partial charge in [-0.2, -0.15) is 13.2 Å². The van der Waals surface area contributed by atoms with Crippen LogP contribution in [-0.2, 0) is 11.9 Å². The molecule has 150 valence electrons. The van der Waals surface area contributed by atoms with Crippen LogP contribution in [0, 0.1) is 13.8 Å². The van der Waals surface area contributed by atoms with Gasteiger partial charge in [0.15, 0.2) is 10.8 Å². The molecule has 0 fully saturated rings. The molecule has 0 amide bonds. The van der Waals surface area contributed by atoms with Gasteiger partial charge in [0.25, 0.3) is 0 Å². The minimum absolute atomic E-state index is 0.131. The normalized spacial score (nSPS) is 12.2. The molecule has 0 saturated heterocycles. The van der Waals surface area contributed by atoms with Crippen LogP contribution in [0.2, 0.25) is 5.02 Å². The van der Waals surface area contributed by atoms with Crippen molar-refractivity contribution in [1.29, 1.82) is 0 Å². The first kappa shape index (κ1) is 19.8. The van der Waals surface area contributed by atoms with Crippen molar-refractivity contribution in [2.45, 2.75) is 30.9 Å². The van der Waals surface area contributed by atoms with Crippen LogP contribution in [0.25, 0.3) is 16.6 Å². The minimum Gasteiger partial charge on any atom is -0.423 e. The highest BCUT2D eigenvalue weighted by molar-refractivity contribution is 7.98. The van der Waals surface area contributed by atoms with Gasteiger partial charge in [0.05, 0.1) is 10.6 Å². The fraction of sp³-hybridized carbons (Fsp3) is 0.211. The van der Waals surface area contributed by atoms with E-state index in [4.69, 9.17) is 16.0 Å². The number of pyridine rings is 1. The Morgan fingerprint density at radius 2 is 1.86 bits per heavy atom. The Hall–Kier alpha value is -2.52. The monoisotopic (exact) mass is 439 g/mol. The average Bonchev–Trinajstić information content (AvgIpc) is 3.04. The predicted molar refractivity (Wildman–Crippen MR) is 105 cm³/mol. The third-order valence-corrected chi connectivity index (χ3v) is 5.83. The number of thioether (sulfide) groups is 1. The van der Waals surface area contributed by atoms with Crippen molar-refractivity contribution in [1.82, 2.24) is 14.6 Å². The summed E-state index contributed by atoms with van der Waals surface area (Å²) in [7, 11) is 0. The van der Waals surface area contributed by atoms with E-state index in [0.29, 0.717) is 16.9 Å². The number of aromatic nitrogens is 3. The van der Waals surface area contributed by atoms with Crippen LogP contribution in [0.4, 0.5) is 13.2 Å². The fourth-order valence-electron chi connectivity index (χ4n) is 2.93. The number of nitrogens with zero attached hydrogens (tertiary/aromatic N) is 3. The molecule has 0 saturated carbocycles. The molecule has 4 aromatic rings. The Labute approximate surface area is 171 Å². The number of benzene rings is 1. The van der Waals surface area contributed by atoms with Crippen molar-refractivity contribution in [3.05, 3.63) is 68.2 Å². The summed E-state index contributed by atoms with van der Waals surface area (Å²) in [5.41, 5.74) is 1.92. The molecule has 3 heterocycles. The molecular formula is C19H13ClF3N3O2S. The highest BCUT2D eigenvalue weighted by Gasteiger charge is 2.32. The number of alkyl halides is 3. The molecule has 0 unspecified atom stereocenters. The second-order valence-electron chi connectivity index (χ2n) is 6.56. The van der Waals surface area contributed by atoms with Crippen LogP contribution in [0.3, 0.4) is 0 Å². The minimum atomic E-state index is -4.55. The quantitative estimate of drug-likeness (QED) is 0.315. The molecule has 0 spiro atoms. The van der Waals surface area contributed by atoms with Gasteiger partial charge in [0.1, 0.15) is 5.58 Å². The molecule has 1 aromatic carbocycles. The number of hydrogen-bond acceptors (Lipinski definition) is 5. The van der Waals surface area contributed by atoms with Gasteiger partial charge in [0, 0.05) is 23.4 Å². The van der Waals surface area contributed by atoms with Gasteiger partial charge in [-0.1, -0.05) is 23.4 Å². The van der Waals surface area contributed by atoms with E-state index in [2.05, 4.69) is 10.2 Å². The van der Waals surface area contributed by atoms with E-state index in [9.17, 15) is 18.0 Å². The zero-order chi connectivity index (χ0) is 20.9. The lowest BCUT2D eigenvalue weighted by Gasteiger charge is -2.09. The smallest absolute Gasteiger partial charge is 0.417 e. The first-order valence-electron chi connectivity index (χ1n) is 8.42. The van der Waals surface area contributed by atoms with Gasteiger partial charge in [0.2, 0.25) is 0 Å². The van der Waals surface area contributed by atoms with E-state index in [0.717, 1.165) is 40.5 Å². The van der Waals surface area contributed by atoms with Gasteiger partial charge in [-0.3, -0.25) is 4.40 Å². The van der Waals surface area contributed by atoms with E-state index < -0.39 is 17.4 Å². The van der Waals surface area contributed by atoms with Gasteiger partial charge in [-0.05, 0) is 48.7 Å². The van der Waals surface area contributed by atoms with E-state index in [1.807, 2.05) is 19.9 Å². The van der Waals surface area contributed by atoms with Crippen LogP contribution in [0.1, 0.15) is 22.3 Å². The largest absolute Gasteiger partial charge is 0.423 e. The first-order valence-corrected chi connectivity index (χ1v) is 9.78. The van der Waals surface area contributed by atoms with Gasteiger partial charge in [-0.25, -0.2) is 4.79 Å². The highest BCUT2D eigenvalue weighted by Crippen LogP contribution is 2.34. The van der Waals surface area contributed by atoms with Gasteiger partial charge < -0.3 is 4.42 Å². The van der Waals surface area contributed by atoms with Crippen molar-refractivity contribution in [2.24, 2.45) is 0 Å². The highest BCUT2D eigenvalue weighted by atomic mass is 35.5. The van der Waals surface area contributed by atoms with Crippen molar-refractivity contribution < 1.29 is 17.6 Å². The number of hydrogen-bond donors (Lipinski definition) is 0. The Bertz CT molecular complexity index is 1310. The molecular weight excluding hydrogens is 427 g/mol. The topological polar surface area (TPSA) is 60.4 Å². The number of fused-ring (bicyclic) bond motifs is 2. The molecule has 5 nitrogen and oxygen atoms in total. The lowest BCUT2D eigenvalue weighted by Crippen LogP contribution is -2.07. The lowest BCUT2D eigenvalue weighted by molar-refractivity contribution is -0.137. The van der Waals surface area contributed by atoms with E-state index in [1.54, 1.807) is 6.07 Å². The zero-order valence-corrected chi connectivity index (χ0v) is 16.7. The van der Waals surface area contributed by atoms with Crippen molar-refractivity contribution in [2.75, 3.05) is 0 Å². The summed E-state index contributed by atoms with van der Waals surface area (Å²) in [5.74, 6) is 0.291. The second kappa shape index (κ2) is 7.07. The second-order valence-corrected chi connectivity index (χ2v) is 7.91. The standard InChI is InChI=1S/C19H13ClF3N3O2S/c1-9-3-13-11(5-16(27)28-15(13)4-10(9)2)8-29-18-25-24-17-14(20)6-12(7-26(17)18)19(21,22)23/h3-7H,8H2,1-2H3. The summed E-state index contributed by atoms with van der Waals surface area (Å²) < 4.78 is 45.8. The van der Waals surface area contributed by atoms with Crippen LogP contribution < -0.4 is 5.63 Å².